The molecular formula is C21H19NO. The van der Waals surface area contributed by atoms with E-state index in [1.165, 1.54) is 16.5 Å². The normalized spacial score (nSPS) is 11.0. The van der Waals surface area contributed by atoms with Crippen LogP contribution in [-0.4, -0.2) is 5.91 Å². The number of rotatable bonds is 3. The topological polar surface area (TPSA) is 29.1 Å². The second-order valence-electron chi connectivity index (χ2n) is 5.69. The first kappa shape index (κ1) is 15.0. The molecule has 114 valence electrons. The molecule has 23 heavy (non-hydrogen) atoms. The van der Waals surface area contributed by atoms with Crippen LogP contribution in [0.25, 0.3) is 16.8 Å². The fourth-order valence-corrected chi connectivity index (χ4v) is 2.56. The maximum atomic E-state index is 12.1. The molecule has 3 rings (SSSR count). The lowest BCUT2D eigenvalue weighted by atomic mass is 10.0. The summed E-state index contributed by atoms with van der Waals surface area (Å²) < 4.78 is 0. The molecule has 0 aliphatic rings. The molecule has 3 aromatic carbocycles. The minimum Gasteiger partial charge on any atom is -0.323 e. The van der Waals surface area contributed by atoms with Gasteiger partial charge in [-0.3, -0.25) is 4.79 Å². The number of fused-ring (bicyclic) bond motifs is 1. The van der Waals surface area contributed by atoms with E-state index in [1.54, 1.807) is 6.08 Å². The highest BCUT2D eigenvalue weighted by atomic mass is 16.1. The van der Waals surface area contributed by atoms with Gasteiger partial charge in [-0.25, -0.2) is 0 Å². The van der Waals surface area contributed by atoms with Gasteiger partial charge in [0.25, 0.3) is 0 Å². The highest BCUT2D eigenvalue weighted by molar-refractivity contribution is 6.03. The van der Waals surface area contributed by atoms with Gasteiger partial charge in [-0.2, -0.15) is 0 Å². The number of nitrogens with one attached hydrogen (secondary N) is 1. The predicted octanol–water partition coefficient (Wildman–Crippen LogP) is 5.11. The third-order valence-electron chi connectivity index (χ3n) is 4.01. The van der Waals surface area contributed by atoms with Crippen molar-refractivity contribution in [2.45, 2.75) is 13.8 Å². The maximum absolute atomic E-state index is 12.1. The first-order valence-corrected chi connectivity index (χ1v) is 7.67. The molecule has 1 amide bonds. The summed E-state index contributed by atoms with van der Waals surface area (Å²) in [6.07, 6.45) is 3.44. The van der Waals surface area contributed by atoms with Gasteiger partial charge in [0, 0.05) is 11.8 Å². The van der Waals surface area contributed by atoms with Crippen LogP contribution in [0.1, 0.15) is 16.7 Å². The minimum absolute atomic E-state index is 0.124. The predicted molar refractivity (Wildman–Crippen MR) is 97.5 cm³/mol. The third-order valence-corrected chi connectivity index (χ3v) is 4.01. The zero-order valence-electron chi connectivity index (χ0n) is 13.3. The van der Waals surface area contributed by atoms with E-state index < -0.39 is 0 Å². The Morgan fingerprint density at radius 2 is 1.70 bits per heavy atom. The Balaban J connectivity index is 1.78. The van der Waals surface area contributed by atoms with Gasteiger partial charge in [0.2, 0.25) is 5.91 Å². The van der Waals surface area contributed by atoms with Gasteiger partial charge in [0.15, 0.2) is 0 Å². The quantitative estimate of drug-likeness (QED) is 0.669. The lowest BCUT2D eigenvalue weighted by Gasteiger charge is -2.06. The summed E-state index contributed by atoms with van der Waals surface area (Å²) >= 11 is 0. The minimum atomic E-state index is -0.124. The van der Waals surface area contributed by atoms with Crippen LogP contribution in [0.4, 0.5) is 5.69 Å². The van der Waals surface area contributed by atoms with E-state index in [1.807, 2.05) is 55.5 Å². The molecular weight excluding hydrogens is 282 g/mol. The number of anilines is 1. The van der Waals surface area contributed by atoms with Crippen LogP contribution >= 0.6 is 0 Å². The average molecular weight is 301 g/mol. The van der Waals surface area contributed by atoms with Crippen molar-refractivity contribution in [3.63, 3.8) is 0 Å². The summed E-state index contributed by atoms with van der Waals surface area (Å²) in [5, 5.41) is 5.22. The van der Waals surface area contributed by atoms with Crippen LogP contribution < -0.4 is 5.32 Å². The van der Waals surface area contributed by atoms with Gasteiger partial charge in [-0.05, 0) is 59.5 Å². The van der Waals surface area contributed by atoms with E-state index >= 15 is 0 Å². The molecule has 1 N–H and O–H groups in total. The molecule has 0 aliphatic heterocycles. The standard InChI is InChI=1S/C21H19NO/c1-15-10-12-19(14-16(15)2)22-21(23)13-11-18-8-5-7-17-6-3-4-9-20(17)18/h3-14H,1-2H3,(H,22,23)/b13-11-. The van der Waals surface area contributed by atoms with Crippen molar-refractivity contribution < 1.29 is 4.79 Å². The summed E-state index contributed by atoms with van der Waals surface area (Å²) in [5.41, 5.74) is 4.24. The summed E-state index contributed by atoms with van der Waals surface area (Å²) in [4.78, 5) is 12.1. The number of hydrogen-bond acceptors (Lipinski definition) is 1. The third kappa shape index (κ3) is 3.49. The van der Waals surface area contributed by atoms with Crippen LogP contribution in [0.5, 0.6) is 0 Å². The Morgan fingerprint density at radius 1 is 0.913 bits per heavy atom. The van der Waals surface area contributed by atoms with Crippen molar-refractivity contribution in [3.8, 4) is 0 Å². The SMILES string of the molecule is Cc1ccc(NC(=O)/C=C\c2cccc3ccccc23)cc1C. The fourth-order valence-electron chi connectivity index (χ4n) is 2.56. The van der Waals surface area contributed by atoms with E-state index in [0.717, 1.165) is 16.6 Å². The van der Waals surface area contributed by atoms with Crippen LogP contribution in [-0.2, 0) is 4.79 Å². The lowest BCUT2D eigenvalue weighted by molar-refractivity contribution is -0.111. The number of carbonyl (C=O) groups is 1. The monoisotopic (exact) mass is 301 g/mol. The van der Waals surface area contributed by atoms with E-state index in [2.05, 4.69) is 30.4 Å². The molecule has 2 nitrogen and oxygen atoms in total. The number of amides is 1. The largest absolute Gasteiger partial charge is 0.323 e. The number of carbonyl (C=O) groups excluding carboxylic acids is 1. The molecule has 2 heteroatoms. The molecule has 0 aliphatic carbocycles. The van der Waals surface area contributed by atoms with Gasteiger partial charge in [-0.1, -0.05) is 48.5 Å². The molecule has 3 aromatic rings. The summed E-state index contributed by atoms with van der Waals surface area (Å²) in [6.45, 7) is 4.10. The molecule has 0 saturated heterocycles. The van der Waals surface area contributed by atoms with E-state index in [9.17, 15) is 4.79 Å². The van der Waals surface area contributed by atoms with Gasteiger partial charge >= 0.3 is 0 Å². The fraction of sp³-hybridized carbons (Fsp3) is 0.0952. The van der Waals surface area contributed by atoms with Gasteiger partial charge < -0.3 is 5.32 Å². The average Bonchev–Trinajstić information content (AvgIpc) is 2.56. The summed E-state index contributed by atoms with van der Waals surface area (Å²) in [6, 6.07) is 20.2. The summed E-state index contributed by atoms with van der Waals surface area (Å²) in [7, 11) is 0. The highest BCUT2D eigenvalue weighted by Crippen LogP contribution is 2.20. The van der Waals surface area contributed by atoms with Gasteiger partial charge in [0.1, 0.15) is 0 Å². The van der Waals surface area contributed by atoms with Crippen molar-refractivity contribution >= 4 is 28.4 Å². The number of aryl methyl sites for hydroxylation is 2. The molecule has 0 aromatic heterocycles. The van der Waals surface area contributed by atoms with E-state index in [0.29, 0.717) is 0 Å². The summed E-state index contributed by atoms with van der Waals surface area (Å²) in [5.74, 6) is -0.124. The van der Waals surface area contributed by atoms with Gasteiger partial charge in [-0.15, -0.1) is 0 Å². The van der Waals surface area contributed by atoms with Crippen molar-refractivity contribution in [1.82, 2.24) is 0 Å². The van der Waals surface area contributed by atoms with Crippen LogP contribution in [0.3, 0.4) is 0 Å². The highest BCUT2D eigenvalue weighted by Gasteiger charge is 2.01. The molecule has 0 fully saturated rings. The Kier molecular flexibility index (Phi) is 4.24. The second kappa shape index (κ2) is 6.49. The number of hydrogen-bond donors (Lipinski definition) is 1. The Hall–Kier alpha value is -2.87. The Labute approximate surface area is 136 Å². The van der Waals surface area contributed by atoms with Gasteiger partial charge in [0.05, 0.1) is 0 Å². The van der Waals surface area contributed by atoms with Crippen LogP contribution in [0.2, 0.25) is 0 Å². The lowest BCUT2D eigenvalue weighted by Crippen LogP contribution is -2.07. The first-order chi connectivity index (χ1) is 11.1. The molecule has 0 radical (unpaired) electrons. The van der Waals surface area contributed by atoms with Crippen molar-refractivity contribution in [3.05, 3.63) is 83.4 Å². The van der Waals surface area contributed by atoms with E-state index in [4.69, 9.17) is 0 Å². The van der Waals surface area contributed by atoms with Crippen LogP contribution in [0, 0.1) is 13.8 Å². The van der Waals surface area contributed by atoms with Crippen molar-refractivity contribution in [2.24, 2.45) is 0 Å². The molecule has 0 saturated carbocycles. The molecule has 0 spiro atoms. The van der Waals surface area contributed by atoms with Crippen molar-refractivity contribution in [1.29, 1.82) is 0 Å². The van der Waals surface area contributed by atoms with Crippen molar-refractivity contribution in [2.75, 3.05) is 5.32 Å². The maximum Gasteiger partial charge on any atom is 0.248 e. The first-order valence-electron chi connectivity index (χ1n) is 7.67. The number of benzene rings is 3. The molecule has 0 atom stereocenters. The zero-order chi connectivity index (χ0) is 16.2. The Morgan fingerprint density at radius 3 is 2.52 bits per heavy atom. The molecule has 0 bridgehead atoms. The molecule has 0 heterocycles. The molecule has 0 unspecified atom stereocenters. The Bertz CT molecular complexity index is 888. The second-order valence-corrected chi connectivity index (χ2v) is 5.69. The van der Waals surface area contributed by atoms with E-state index in [-0.39, 0.29) is 5.91 Å². The smallest absolute Gasteiger partial charge is 0.248 e. The zero-order valence-corrected chi connectivity index (χ0v) is 13.3. The van der Waals surface area contributed by atoms with Crippen LogP contribution in [0.15, 0.2) is 66.7 Å².